The minimum atomic E-state index is -0.928. The number of rotatable bonds is 4. The first-order chi connectivity index (χ1) is 8.52. The van der Waals surface area contributed by atoms with Gasteiger partial charge < -0.3 is 15.2 Å². The van der Waals surface area contributed by atoms with Gasteiger partial charge in [0.1, 0.15) is 5.75 Å². The molecule has 1 aromatic carbocycles. The van der Waals surface area contributed by atoms with Crippen LogP contribution in [0.5, 0.6) is 5.75 Å². The molecule has 0 aliphatic heterocycles. The molecule has 1 aliphatic rings. The van der Waals surface area contributed by atoms with Gasteiger partial charge in [0, 0.05) is 5.69 Å². The van der Waals surface area contributed by atoms with Crippen LogP contribution >= 0.6 is 11.6 Å². The van der Waals surface area contributed by atoms with Crippen LogP contribution in [0.2, 0.25) is 5.02 Å². The van der Waals surface area contributed by atoms with E-state index in [4.69, 9.17) is 21.4 Å². The molecule has 2 atom stereocenters. The van der Waals surface area contributed by atoms with Crippen molar-refractivity contribution in [1.82, 2.24) is 0 Å². The van der Waals surface area contributed by atoms with Gasteiger partial charge in [-0.05, 0) is 24.6 Å². The molecule has 6 heteroatoms. The zero-order valence-electron chi connectivity index (χ0n) is 9.64. The van der Waals surface area contributed by atoms with Gasteiger partial charge in [0.15, 0.2) is 0 Å². The maximum absolute atomic E-state index is 11.7. The van der Waals surface area contributed by atoms with Crippen molar-refractivity contribution < 1.29 is 19.4 Å². The summed E-state index contributed by atoms with van der Waals surface area (Å²) in [4.78, 5) is 22.4. The summed E-state index contributed by atoms with van der Waals surface area (Å²) in [5.41, 5.74) is 0.529. The Hall–Kier alpha value is -1.75. The first kappa shape index (κ1) is 12.7. The van der Waals surface area contributed by atoms with Crippen molar-refractivity contribution in [3.8, 4) is 5.75 Å². The van der Waals surface area contributed by atoms with E-state index in [-0.39, 0.29) is 5.91 Å². The number of carbonyl (C=O) groups excluding carboxylic acids is 1. The van der Waals surface area contributed by atoms with Crippen LogP contribution in [0.1, 0.15) is 6.42 Å². The summed E-state index contributed by atoms with van der Waals surface area (Å²) in [7, 11) is 1.50. The lowest BCUT2D eigenvalue weighted by Crippen LogP contribution is -2.16. The van der Waals surface area contributed by atoms with Crippen LogP contribution in [-0.2, 0) is 9.59 Å². The fourth-order valence-electron chi connectivity index (χ4n) is 1.74. The number of halogens is 1. The number of carbonyl (C=O) groups is 2. The van der Waals surface area contributed by atoms with Crippen molar-refractivity contribution in [3.05, 3.63) is 23.2 Å². The second-order valence-electron chi connectivity index (χ2n) is 4.13. The number of anilines is 1. The summed E-state index contributed by atoms with van der Waals surface area (Å²) in [6, 6.07) is 4.86. The minimum absolute atomic E-state index is 0.288. The van der Waals surface area contributed by atoms with Crippen LogP contribution in [0, 0.1) is 11.8 Å². The van der Waals surface area contributed by atoms with E-state index in [1.807, 2.05) is 0 Å². The standard InChI is InChI=1S/C12H12ClNO4/c1-18-10-3-2-6(4-9(10)13)14-11(15)7-5-8(7)12(16)17/h2-4,7-8H,5H2,1H3,(H,14,15)(H,16,17)/t7-,8+/m1/s1. The lowest BCUT2D eigenvalue weighted by molar-refractivity contribution is -0.139. The first-order valence-electron chi connectivity index (χ1n) is 5.40. The molecule has 5 nitrogen and oxygen atoms in total. The van der Waals surface area contributed by atoms with Gasteiger partial charge in [-0.1, -0.05) is 11.6 Å². The van der Waals surface area contributed by atoms with Gasteiger partial charge in [-0.25, -0.2) is 0 Å². The molecule has 96 valence electrons. The SMILES string of the molecule is COc1ccc(NC(=O)[C@@H]2C[C@@H]2C(=O)O)cc1Cl. The molecule has 1 aromatic rings. The Bertz CT molecular complexity index is 503. The molecule has 2 rings (SSSR count). The van der Waals surface area contributed by atoms with Crippen LogP contribution in [0.15, 0.2) is 18.2 Å². The van der Waals surface area contributed by atoms with E-state index in [1.165, 1.54) is 7.11 Å². The maximum atomic E-state index is 11.7. The highest BCUT2D eigenvalue weighted by molar-refractivity contribution is 6.32. The van der Waals surface area contributed by atoms with Gasteiger partial charge in [0.2, 0.25) is 5.91 Å². The molecule has 1 fully saturated rings. The molecule has 0 heterocycles. The third-order valence-electron chi connectivity index (χ3n) is 2.86. The Morgan fingerprint density at radius 2 is 2.17 bits per heavy atom. The number of amides is 1. The summed E-state index contributed by atoms with van der Waals surface area (Å²) in [5.74, 6) is -1.70. The topological polar surface area (TPSA) is 75.6 Å². The average molecular weight is 270 g/mol. The molecule has 1 saturated carbocycles. The average Bonchev–Trinajstić information content (AvgIpc) is 3.09. The number of carboxylic acids is 1. The second-order valence-corrected chi connectivity index (χ2v) is 4.53. The Labute approximate surface area is 109 Å². The smallest absolute Gasteiger partial charge is 0.307 e. The minimum Gasteiger partial charge on any atom is -0.495 e. The Morgan fingerprint density at radius 3 is 2.67 bits per heavy atom. The number of ether oxygens (including phenoxy) is 1. The summed E-state index contributed by atoms with van der Waals surface area (Å²) in [6.07, 6.45) is 0.394. The van der Waals surface area contributed by atoms with Gasteiger partial charge in [-0.3, -0.25) is 9.59 Å². The summed E-state index contributed by atoms with van der Waals surface area (Å²) in [5, 5.41) is 11.8. The van der Waals surface area contributed by atoms with Crippen LogP contribution in [0.3, 0.4) is 0 Å². The molecule has 1 amide bonds. The molecule has 1 aliphatic carbocycles. The number of nitrogens with one attached hydrogen (secondary N) is 1. The fourth-order valence-corrected chi connectivity index (χ4v) is 1.99. The van der Waals surface area contributed by atoms with E-state index < -0.39 is 17.8 Å². The van der Waals surface area contributed by atoms with Gasteiger partial charge in [-0.15, -0.1) is 0 Å². The number of aliphatic carboxylic acids is 1. The van der Waals surface area contributed by atoms with E-state index in [0.29, 0.717) is 22.9 Å². The van der Waals surface area contributed by atoms with Crippen molar-refractivity contribution in [1.29, 1.82) is 0 Å². The number of carboxylic acid groups (broad SMARTS) is 1. The Balaban J connectivity index is 2.00. The Kier molecular flexibility index (Phi) is 3.43. The third kappa shape index (κ3) is 2.56. The van der Waals surface area contributed by atoms with Crippen LogP contribution in [-0.4, -0.2) is 24.1 Å². The first-order valence-corrected chi connectivity index (χ1v) is 5.78. The summed E-state index contributed by atoms with van der Waals surface area (Å²) in [6.45, 7) is 0. The van der Waals surface area contributed by atoms with E-state index >= 15 is 0 Å². The zero-order chi connectivity index (χ0) is 13.3. The van der Waals surface area contributed by atoms with Crippen molar-refractivity contribution in [2.45, 2.75) is 6.42 Å². The molecule has 18 heavy (non-hydrogen) atoms. The second kappa shape index (κ2) is 4.86. The van der Waals surface area contributed by atoms with Crippen LogP contribution in [0.25, 0.3) is 0 Å². The van der Waals surface area contributed by atoms with Crippen molar-refractivity contribution in [2.24, 2.45) is 11.8 Å². The zero-order valence-corrected chi connectivity index (χ0v) is 10.4. The van der Waals surface area contributed by atoms with Gasteiger partial charge in [0.05, 0.1) is 24.0 Å². The highest BCUT2D eigenvalue weighted by Gasteiger charge is 2.48. The summed E-state index contributed by atoms with van der Waals surface area (Å²) < 4.78 is 4.99. The number of hydrogen-bond donors (Lipinski definition) is 2. The van der Waals surface area contributed by atoms with Gasteiger partial charge in [0.25, 0.3) is 0 Å². The highest BCUT2D eigenvalue weighted by atomic mass is 35.5. The highest BCUT2D eigenvalue weighted by Crippen LogP contribution is 2.39. The predicted molar refractivity (Wildman–Crippen MR) is 65.9 cm³/mol. The molecule has 0 radical (unpaired) electrons. The largest absolute Gasteiger partial charge is 0.495 e. The molecule has 0 bridgehead atoms. The predicted octanol–water partition coefficient (Wildman–Crippen LogP) is 2.01. The normalized spacial score (nSPS) is 21.2. The Morgan fingerprint density at radius 1 is 1.44 bits per heavy atom. The van der Waals surface area contributed by atoms with Gasteiger partial charge in [-0.2, -0.15) is 0 Å². The molecule has 0 aromatic heterocycles. The third-order valence-corrected chi connectivity index (χ3v) is 3.16. The van der Waals surface area contributed by atoms with Crippen molar-refractivity contribution >= 4 is 29.2 Å². The van der Waals surface area contributed by atoms with E-state index in [1.54, 1.807) is 18.2 Å². The number of methoxy groups -OCH3 is 1. The van der Waals surface area contributed by atoms with Crippen LogP contribution in [0.4, 0.5) is 5.69 Å². The molecule has 2 N–H and O–H groups in total. The lowest BCUT2D eigenvalue weighted by Gasteiger charge is -2.07. The molecular weight excluding hydrogens is 258 g/mol. The van der Waals surface area contributed by atoms with Gasteiger partial charge >= 0.3 is 5.97 Å². The quantitative estimate of drug-likeness (QED) is 0.877. The lowest BCUT2D eigenvalue weighted by atomic mass is 10.2. The fraction of sp³-hybridized carbons (Fsp3) is 0.333. The van der Waals surface area contributed by atoms with Crippen molar-refractivity contribution in [3.63, 3.8) is 0 Å². The van der Waals surface area contributed by atoms with E-state index in [9.17, 15) is 9.59 Å². The monoisotopic (exact) mass is 269 g/mol. The van der Waals surface area contributed by atoms with Crippen LogP contribution < -0.4 is 10.1 Å². The maximum Gasteiger partial charge on any atom is 0.307 e. The van der Waals surface area contributed by atoms with Crippen molar-refractivity contribution in [2.75, 3.05) is 12.4 Å². The molecule has 0 saturated heterocycles. The summed E-state index contributed by atoms with van der Waals surface area (Å²) >= 11 is 5.92. The molecule has 0 spiro atoms. The van der Waals surface area contributed by atoms with E-state index in [2.05, 4.69) is 5.32 Å². The number of hydrogen-bond acceptors (Lipinski definition) is 3. The molecular formula is C12H12ClNO4. The number of benzene rings is 1. The molecule has 0 unspecified atom stereocenters. The van der Waals surface area contributed by atoms with E-state index in [0.717, 1.165) is 0 Å².